The molecule has 0 bridgehead atoms. The lowest BCUT2D eigenvalue weighted by atomic mass is 9.99. The van der Waals surface area contributed by atoms with Crippen LogP contribution < -0.4 is 54.4 Å². The maximum atomic E-state index is 14.4. The highest BCUT2D eigenvalue weighted by atomic mass is 16.4. The number of benzene rings is 2. The Bertz CT molecular complexity index is 2080. The first kappa shape index (κ1) is 57.0. The summed E-state index contributed by atoms with van der Waals surface area (Å²) >= 11 is 0. The van der Waals surface area contributed by atoms with Crippen molar-refractivity contribution in [3.05, 3.63) is 65.7 Å². The topological polar surface area (TPSA) is 394 Å². The van der Waals surface area contributed by atoms with Gasteiger partial charge in [0.05, 0.1) is 18.6 Å². The average Bonchev–Trinajstić information content (AvgIpc) is 3.25. The SMILES string of the molecule is CC(C)C[C@H](NC(=O)[C@H](CC(N)=O)NC(=O)[C@@H](NC(=O)[C@H](Cc1ccc(O)cc1)NC(=O)[C@H](Cc1ccccc1)NC(=O)[C@@H](NC(=O)[C@H](CCC(N)=O)NC(=O)[C@H](C)N)[C@@H](C)O)C(C)C)C(=O)O. The number of nitrogens with two attached hydrogens (primary N) is 3. The summed E-state index contributed by atoms with van der Waals surface area (Å²) in [6.07, 6.45) is -3.37. The normalized spacial score (nSPS) is 15.1. The fourth-order valence-corrected chi connectivity index (χ4v) is 6.61. The number of hydrogen-bond acceptors (Lipinski definition) is 13. The summed E-state index contributed by atoms with van der Waals surface area (Å²) in [5.74, 6) is -10.8. The zero-order valence-electron chi connectivity index (χ0n) is 38.9. The monoisotopic (exact) mass is 954 g/mol. The average molecular weight is 955 g/mol. The van der Waals surface area contributed by atoms with Crippen LogP contribution in [0, 0.1) is 11.8 Å². The Hall–Kier alpha value is -7.14. The number of carboxylic acid groups (broad SMARTS) is 1. The Morgan fingerprint density at radius 1 is 0.529 bits per heavy atom. The summed E-state index contributed by atoms with van der Waals surface area (Å²) in [6, 6.07) is 2.25. The van der Waals surface area contributed by atoms with Gasteiger partial charge in [-0.2, -0.15) is 0 Å². The highest BCUT2D eigenvalue weighted by molar-refractivity contribution is 5.98. The van der Waals surface area contributed by atoms with Crippen molar-refractivity contribution in [3.8, 4) is 5.75 Å². The number of rotatable bonds is 28. The van der Waals surface area contributed by atoms with Gasteiger partial charge < -0.3 is 69.7 Å². The lowest BCUT2D eigenvalue weighted by Crippen LogP contribution is -2.62. The number of aliphatic hydroxyl groups excluding tert-OH is 1. The van der Waals surface area contributed by atoms with Gasteiger partial charge >= 0.3 is 5.97 Å². The summed E-state index contributed by atoms with van der Waals surface area (Å²) in [5.41, 5.74) is 17.2. The van der Waals surface area contributed by atoms with Crippen LogP contribution in [-0.4, -0.2) is 129 Å². The molecule has 9 amide bonds. The maximum absolute atomic E-state index is 14.4. The highest BCUT2D eigenvalue weighted by Crippen LogP contribution is 2.14. The molecule has 68 heavy (non-hydrogen) atoms. The molecular formula is C45H66N10O13. The Balaban J connectivity index is 2.52. The molecule has 0 aliphatic carbocycles. The van der Waals surface area contributed by atoms with E-state index in [4.69, 9.17) is 17.2 Å². The fraction of sp³-hybridized carbons (Fsp3) is 0.511. The standard InChI is InChI=1S/C45H66N10O13/c1-22(2)18-33(45(67)68)53-41(63)32(21-35(48)59)52-43(65)36(23(3)4)54-42(64)31(20-27-12-14-28(57)15-13-27)50-40(62)30(19-26-10-8-7-9-11-26)51-44(66)37(25(6)56)55-39(61)29(16-17-34(47)58)49-38(60)24(5)46/h7-15,22-25,29-33,36-37,56-57H,16-21,46H2,1-6H3,(H2,47,58)(H2,48,59)(H,49,60)(H,50,62)(H,51,66)(H,52,65)(H,53,63)(H,54,64)(H,55,61)(H,67,68)/t24-,25+,29-,30-,31-,32-,33-,36-,37-/m0/s1. The van der Waals surface area contributed by atoms with E-state index in [1.54, 1.807) is 58.0 Å². The van der Waals surface area contributed by atoms with Gasteiger partial charge in [0.25, 0.3) is 0 Å². The van der Waals surface area contributed by atoms with Crippen molar-refractivity contribution in [2.24, 2.45) is 29.0 Å². The molecule has 2 aromatic carbocycles. The second-order valence-corrected chi connectivity index (χ2v) is 17.3. The lowest BCUT2D eigenvalue weighted by Gasteiger charge is -2.29. The van der Waals surface area contributed by atoms with Gasteiger partial charge in [0.1, 0.15) is 48.0 Å². The molecule has 9 atom stereocenters. The van der Waals surface area contributed by atoms with E-state index in [0.29, 0.717) is 11.1 Å². The number of primary amides is 2. The van der Waals surface area contributed by atoms with Crippen LogP contribution in [-0.2, 0) is 60.8 Å². The van der Waals surface area contributed by atoms with Crippen molar-refractivity contribution in [2.45, 2.75) is 135 Å². The van der Waals surface area contributed by atoms with Crippen molar-refractivity contribution in [2.75, 3.05) is 0 Å². The lowest BCUT2D eigenvalue weighted by molar-refractivity contribution is -0.143. The number of amides is 9. The molecule has 0 heterocycles. The molecule has 2 rings (SSSR count). The third kappa shape index (κ3) is 19.8. The summed E-state index contributed by atoms with van der Waals surface area (Å²) in [5, 5.41) is 47.4. The molecule has 0 saturated heterocycles. The van der Waals surface area contributed by atoms with Gasteiger partial charge in [-0.3, -0.25) is 43.2 Å². The first-order valence-electron chi connectivity index (χ1n) is 22.0. The van der Waals surface area contributed by atoms with Gasteiger partial charge in [-0.15, -0.1) is 0 Å². The molecule has 374 valence electrons. The van der Waals surface area contributed by atoms with E-state index in [0.717, 1.165) is 0 Å². The molecule has 16 N–H and O–H groups in total. The number of nitrogens with one attached hydrogen (secondary N) is 7. The highest BCUT2D eigenvalue weighted by Gasteiger charge is 2.36. The van der Waals surface area contributed by atoms with Crippen LogP contribution in [0.1, 0.15) is 78.4 Å². The molecule has 0 unspecified atom stereocenters. The Morgan fingerprint density at radius 2 is 0.971 bits per heavy atom. The van der Waals surface area contributed by atoms with Gasteiger partial charge in [-0.25, -0.2) is 4.79 Å². The second-order valence-electron chi connectivity index (χ2n) is 17.3. The zero-order valence-corrected chi connectivity index (χ0v) is 38.9. The minimum atomic E-state index is -1.75. The Morgan fingerprint density at radius 3 is 1.46 bits per heavy atom. The Kier molecular flexibility index (Phi) is 23.0. The molecule has 23 heteroatoms. The number of phenols is 1. The maximum Gasteiger partial charge on any atom is 0.326 e. The molecule has 0 spiro atoms. The van der Waals surface area contributed by atoms with Gasteiger partial charge in [0, 0.05) is 19.3 Å². The number of phenolic OH excluding ortho intramolecular Hbond substituents is 1. The van der Waals surface area contributed by atoms with Crippen LogP contribution >= 0.6 is 0 Å². The van der Waals surface area contributed by atoms with E-state index in [1.807, 2.05) is 0 Å². The minimum absolute atomic E-state index is 0.0285. The zero-order chi connectivity index (χ0) is 51.4. The van der Waals surface area contributed by atoms with Crippen molar-refractivity contribution in [1.82, 2.24) is 37.2 Å². The summed E-state index contributed by atoms with van der Waals surface area (Å²) in [7, 11) is 0. The predicted molar refractivity (Wildman–Crippen MR) is 245 cm³/mol. The molecular weight excluding hydrogens is 889 g/mol. The first-order valence-corrected chi connectivity index (χ1v) is 22.0. The van der Waals surface area contributed by atoms with E-state index in [-0.39, 0.29) is 43.8 Å². The summed E-state index contributed by atoms with van der Waals surface area (Å²) in [4.78, 5) is 131. The number of hydrogen-bond donors (Lipinski definition) is 13. The van der Waals surface area contributed by atoms with Crippen molar-refractivity contribution < 1.29 is 63.3 Å². The quantitative estimate of drug-likeness (QED) is 0.0411. The van der Waals surface area contributed by atoms with Crippen molar-refractivity contribution >= 4 is 59.1 Å². The van der Waals surface area contributed by atoms with Crippen molar-refractivity contribution in [3.63, 3.8) is 0 Å². The molecule has 23 nitrogen and oxygen atoms in total. The van der Waals surface area contributed by atoms with Crippen molar-refractivity contribution in [1.29, 1.82) is 0 Å². The van der Waals surface area contributed by atoms with E-state index in [1.165, 1.54) is 38.1 Å². The molecule has 0 radical (unpaired) electrons. The summed E-state index contributed by atoms with van der Waals surface area (Å²) < 4.78 is 0. The molecule has 0 fully saturated rings. The van der Waals surface area contributed by atoms with Gasteiger partial charge in [0.15, 0.2) is 0 Å². The van der Waals surface area contributed by atoms with Gasteiger partial charge in [-0.1, -0.05) is 70.2 Å². The fourth-order valence-electron chi connectivity index (χ4n) is 6.61. The largest absolute Gasteiger partial charge is 0.508 e. The first-order chi connectivity index (χ1) is 31.8. The van der Waals surface area contributed by atoms with Gasteiger partial charge in [-0.05, 0) is 61.8 Å². The van der Waals surface area contributed by atoms with Crippen LogP contribution in [0.25, 0.3) is 0 Å². The predicted octanol–water partition coefficient (Wildman–Crippen LogP) is -2.77. The Labute approximate surface area is 393 Å². The number of aliphatic carboxylic acids is 1. The molecule has 0 aromatic heterocycles. The number of carbonyl (C=O) groups excluding carboxylic acids is 9. The van der Waals surface area contributed by atoms with E-state index in [9.17, 15) is 63.3 Å². The van der Waals surface area contributed by atoms with E-state index in [2.05, 4.69) is 37.2 Å². The van der Waals surface area contributed by atoms with Crippen LogP contribution in [0.2, 0.25) is 0 Å². The third-order valence-electron chi connectivity index (χ3n) is 10.3. The number of aliphatic hydroxyl groups is 1. The van der Waals surface area contributed by atoms with Gasteiger partial charge in [0.2, 0.25) is 53.2 Å². The molecule has 0 aliphatic rings. The smallest absolute Gasteiger partial charge is 0.326 e. The van der Waals surface area contributed by atoms with Crippen LogP contribution in [0.5, 0.6) is 5.75 Å². The van der Waals surface area contributed by atoms with E-state index >= 15 is 0 Å². The molecule has 2 aromatic rings. The molecule has 0 aliphatic heterocycles. The second kappa shape index (κ2) is 27.5. The number of aromatic hydroxyl groups is 1. The summed E-state index contributed by atoms with van der Waals surface area (Å²) in [6.45, 7) is 9.10. The minimum Gasteiger partial charge on any atom is -0.508 e. The van der Waals surface area contributed by atoms with Crippen LogP contribution in [0.4, 0.5) is 0 Å². The molecule has 0 saturated carbocycles. The third-order valence-corrected chi connectivity index (χ3v) is 10.3. The van der Waals surface area contributed by atoms with E-state index < -0.39 is 126 Å². The van der Waals surface area contributed by atoms with Crippen LogP contribution in [0.15, 0.2) is 54.6 Å². The number of carboxylic acids is 1. The number of carbonyl (C=O) groups is 10. The van der Waals surface area contributed by atoms with Crippen LogP contribution in [0.3, 0.4) is 0 Å².